The van der Waals surface area contributed by atoms with Crippen LogP contribution < -0.4 is 10.6 Å². The third-order valence-electron chi connectivity index (χ3n) is 2.14. The van der Waals surface area contributed by atoms with Crippen LogP contribution in [-0.2, 0) is 11.3 Å². The van der Waals surface area contributed by atoms with Crippen molar-refractivity contribution < 1.29 is 4.79 Å². The number of benzene rings is 1. The standard InChI is InChI=1S/C11H15ClN2O/c1-8(11(15)13-2)14-7-9-4-3-5-10(12)6-9/h3-6,8,14H,7H2,1-2H3,(H,13,15). The van der Waals surface area contributed by atoms with Crippen LogP contribution in [0.3, 0.4) is 0 Å². The highest BCUT2D eigenvalue weighted by molar-refractivity contribution is 6.30. The molecule has 1 aromatic rings. The summed E-state index contributed by atoms with van der Waals surface area (Å²) < 4.78 is 0. The molecule has 4 heteroatoms. The predicted octanol–water partition coefficient (Wildman–Crippen LogP) is 1.56. The van der Waals surface area contributed by atoms with Gasteiger partial charge in [-0.05, 0) is 24.6 Å². The number of nitrogens with one attached hydrogen (secondary N) is 2. The third kappa shape index (κ3) is 3.90. The van der Waals surface area contributed by atoms with E-state index in [9.17, 15) is 4.79 Å². The summed E-state index contributed by atoms with van der Waals surface area (Å²) in [5.41, 5.74) is 1.07. The van der Waals surface area contributed by atoms with Crippen LogP contribution in [0.5, 0.6) is 0 Å². The Labute approximate surface area is 94.8 Å². The first-order valence-corrected chi connectivity index (χ1v) is 5.20. The van der Waals surface area contributed by atoms with E-state index in [0.717, 1.165) is 5.56 Å². The maximum atomic E-state index is 11.2. The molecule has 2 N–H and O–H groups in total. The number of carbonyl (C=O) groups excluding carboxylic acids is 1. The zero-order chi connectivity index (χ0) is 11.3. The van der Waals surface area contributed by atoms with E-state index >= 15 is 0 Å². The molecule has 0 aliphatic rings. The normalized spacial score (nSPS) is 12.2. The van der Waals surface area contributed by atoms with Gasteiger partial charge in [-0.15, -0.1) is 0 Å². The van der Waals surface area contributed by atoms with Gasteiger partial charge in [-0.25, -0.2) is 0 Å². The first kappa shape index (κ1) is 12.0. The summed E-state index contributed by atoms with van der Waals surface area (Å²) in [6.45, 7) is 2.46. The van der Waals surface area contributed by atoms with Crippen molar-refractivity contribution in [2.75, 3.05) is 7.05 Å². The monoisotopic (exact) mass is 226 g/mol. The number of rotatable bonds is 4. The lowest BCUT2D eigenvalue weighted by molar-refractivity contribution is -0.122. The molecule has 1 atom stereocenters. The Hall–Kier alpha value is -1.06. The van der Waals surface area contributed by atoms with Crippen LogP contribution in [0.2, 0.25) is 5.02 Å². The van der Waals surface area contributed by atoms with E-state index < -0.39 is 0 Å². The van der Waals surface area contributed by atoms with Crippen molar-refractivity contribution in [2.24, 2.45) is 0 Å². The summed E-state index contributed by atoms with van der Waals surface area (Å²) in [5, 5.41) is 6.40. The van der Waals surface area contributed by atoms with Gasteiger partial charge in [-0.1, -0.05) is 23.7 Å². The zero-order valence-electron chi connectivity index (χ0n) is 8.88. The SMILES string of the molecule is CNC(=O)C(C)NCc1cccc(Cl)c1. The molecule has 3 nitrogen and oxygen atoms in total. The number of hydrogen-bond donors (Lipinski definition) is 2. The molecule has 1 rings (SSSR count). The van der Waals surface area contributed by atoms with Gasteiger partial charge in [-0.2, -0.15) is 0 Å². The molecule has 82 valence electrons. The highest BCUT2D eigenvalue weighted by Crippen LogP contribution is 2.10. The number of halogens is 1. The lowest BCUT2D eigenvalue weighted by atomic mass is 10.2. The van der Waals surface area contributed by atoms with Crippen LogP contribution in [0.15, 0.2) is 24.3 Å². The maximum absolute atomic E-state index is 11.2. The van der Waals surface area contributed by atoms with Crippen LogP contribution in [-0.4, -0.2) is 19.0 Å². The third-order valence-corrected chi connectivity index (χ3v) is 2.38. The second kappa shape index (κ2) is 5.73. The molecule has 15 heavy (non-hydrogen) atoms. The molecule has 0 saturated carbocycles. The van der Waals surface area contributed by atoms with Crippen LogP contribution in [0, 0.1) is 0 Å². The van der Waals surface area contributed by atoms with Gasteiger partial charge in [-0.3, -0.25) is 4.79 Å². The molecule has 0 aromatic heterocycles. The molecule has 0 aliphatic carbocycles. The van der Waals surface area contributed by atoms with Crippen molar-refractivity contribution in [2.45, 2.75) is 19.5 Å². The summed E-state index contributed by atoms with van der Waals surface area (Å²) in [6.07, 6.45) is 0. The molecule has 0 aliphatic heterocycles. The van der Waals surface area contributed by atoms with Gasteiger partial charge in [0.1, 0.15) is 0 Å². The molecule has 0 fully saturated rings. The topological polar surface area (TPSA) is 41.1 Å². The van der Waals surface area contributed by atoms with Crippen LogP contribution >= 0.6 is 11.6 Å². The molecular formula is C11H15ClN2O. The summed E-state index contributed by atoms with van der Waals surface area (Å²) in [6, 6.07) is 7.37. The summed E-state index contributed by atoms with van der Waals surface area (Å²) in [5.74, 6) is -0.0166. The van der Waals surface area contributed by atoms with Gasteiger partial charge < -0.3 is 10.6 Å². The number of hydrogen-bond acceptors (Lipinski definition) is 2. The van der Waals surface area contributed by atoms with Crippen molar-refractivity contribution >= 4 is 17.5 Å². The van der Waals surface area contributed by atoms with Gasteiger partial charge in [0.25, 0.3) is 0 Å². The van der Waals surface area contributed by atoms with Gasteiger partial charge >= 0.3 is 0 Å². The molecule has 1 unspecified atom stereocenters. The Morgan fingerprint density at radius 1 is 1.53 bits per heavy atom. The first-order valence-electron chi connectivity index (χ1n) is 4.83. The summed E-state index contributed by atoms with van der Waals surface area (Å²) in [4.78, 5) is 11.2. The summed E-state index contributed by atoms with van der Waals surface area (Å²) in [7, 11) is 1.62. The minimum absolute atomic E-state index is 0.0166. The lowest BCUT2D eigenvalue weighted by Crippen LogP contribution is -2.40. The van der Waals surface area contributed by atoms with Gasteiger partial charge in [0.2, 0.25) is 5.91 Å². The molecule has 0 heterocycles. The molecular weight excluding hydrogens is 212 g/mol. The van der Waals surface area contributed by atoms with Gasteiger partial charge in [0.15, 0.2) is 0 Å². The van der Waals surface area contributed by atoms with Crippen LogP contribution in [0.4, 0.5) is 0 Å². The molecule has 1 amide bonds. The van der Waals surface area contributed by atoms with Gasteiger partial charge in [0.05, 0.1) is 6.04 Å². The number of carbonyl (C=O) groups is 1. The van der Waals surface area contributed by atoms with E-state index in [2.05, 4.69) is 10.6 Å². The molecule has 0 bridgehead atoms. The minimum atomic E-state index is -0.200. The fourth-order valence-corrected chi connectivity index (χ4v) is 1.44. The number of likely N-dealkylation sites (N-methyl/N-ethyl adjacent to an activating group) is 1. The second-order valence-electron chi connectivity index (χ2n) is 3.35. The van der Waals surface area contributed by atoms with Crippen molar-refractivity contribution in [3.63, 3.8) is 0 Å². The van der Waals surface area contributed by atoms with E-state index in [-0.39, 0.29) is 11.9 Å². The second-order valence-corrected chi connectivity index (χ2v) is 3.78. The van der Waals surface area contributed by atoms with Crippen molar-refractivity contribution in [3.05, 3.63) is 34.9 Å². The van der Waals surface area contributed by atoms with Crippen LogP contribution in [0.25, 0.3) is 0 Å². The van der Waals surface area contributed by atoms with E-state index in [1.165, 1.54) is 0 Å². The Morgan fingerprint density at radius 3 is 2.87 bits per heavy atom. The highest BCUT2D eigenvalue weighted by Gasteiger charge is 2.09. The van der Waals surface area contributed by atoms with Crippen molar-refractivity contribution in [1.82, 2.24) is 10.6 Å². The Balaban J connectivity index is 2.47. The first-order chi connectivity index (χ1) is 7.13. The summed E-state index contributed by atoms with van der Waals surface area (Å²) >= 11 is 5.84. The lowest BCUT2D eigenvalue weighted by Gasteiger charge is -2.12. The minimum Gasteiger partial charge on any atom is -0.358 e. The van der Waals surface area contributed by atoms with Crippen molar-refractivity contribution in [1.29, 1.82) is 0 Å². The van der Waals surface area contributed by atoms with Crippen LogP contribution in [0.1, 0.15) is 12.5 Å². The quantitative estimate of drug-likeness (QED) is 0.818. The molecule has 1 aromatic carbocycles. The molecule has 0 spiro atoms. The smallest absolute Gasteiger partial charge is 0.236 e. The van der Waals surface area contributed by atoms with E-state index in [0.29, 0.717) is 11.6 Å². The van der Waals surface area contributed by atoms with E-state index in [1.54, 1.807) is 7.05 Å². The van der Waals surface area contributed by atoms with E-state index in [4.69, 9.17) is 11.6 Å². The Bertz CT molecular complexity index is 341. The fraction of sp³-hybridized carbons (Fsp3) is 0.364. The maximum Gasteiger partial charge on any atom is 0.236 e. The number of amides is 1. The predicted molar refractivity (Wildman–Crippen MR) is 61.8 cm³/mol. The highest BCUT2D eigenvalue weighted by atomic mass is 35.5. The Kier molecular flexibility index (Phi) is 4.59. The average Bonchev–Trinajstić information content (AvgIpc) is 2.25. The molecule has 0 saturated heterocycles. The average molecular weight is 227 g/mol. The zero-order valence-corrected chi connectivity index (χ0v) is 9.64. The van der Waals surface area contributed by atoms with Crippen molar-refractivity contribution in [3.8, 4) is 0 Å². The largest absolute Gasteiger partial charge is 0.358 e. The van der Waals surface area contributed by atoms with Gasteiger partial charge in [0, 0.05) is 18.6 Å². The Morgan fingerprint density at radius 2 is 2.27 bits per heavy atom. The molecule has 0 radical (unpaired) electrons. The fourth-order valence-electron chi connectivity index (χ4n) is 1.23. The van der Waals surface area contributed by atoms with E-state index in [1.807, 2.05) is 31.2 Å².